The summed E-state index contributed by atoms with van der Waals surface area (Å²) in [6.45, 7) is 6.22. The molecular formula is C16H19NO3. The van der Waals surface area contributed by atoms with Gasteiger partial charge in [0.15, 0.2) is 5.69 Å². The minimum absolute atomic E-state index is 0.00467. The Morgan fingerprint density at radius 1 is 1.30 bits per heavy atom. The van der Waals surface area contributed by atoms with Crippen molar-refractivity contribution in [2.75, 3.05) is 0 Å². The number of hydrogen-bond acceptors (Lipinski definition) is 3. The Morgan fingerprint density at radius 2 is 2.00 bits per heavy atom. The fourth-order valence-corrected chi connectivity index (χ4v) is 2.27. The van der Waals surface area contributed by atoms with Gasteiger partial charge in [-0.1, -0.05) is 32.0 Å². The van der Waals surface area contributed by atoms with E-state index in [4.69, 9.17) is 9.84 Å². The van der Waals surface area contributed by atoms with E-state index in [9.17, 15) is 4.79 Å². The normalized spacial score (nSPS) is 12.6. The Bertz CT molecular complexity index is 622. The summed E-state index contributed by atoms with van der Waals surface area (Å²) in [5, 5.41) is 10.8. The average molecular weight is 273 g/mol. The van der Waals surface area contributed by atoms with Crippen molar-refractivity contribution in [3.05, 3.63) is 36.0 Å². The number of rotatable bonds is 5. The summed E-state index contributed by atoms with van der Waals surface area (Å²) in [4.78, 5) is 15.3. The molecule has 1 atom stereocenters. The van der Waals surface area contributed by atoms with Crippen LogP contribution in [0.1, 0.15) is 37.7 Å². The molecule has 4 heteroatoms. The Hall–Kier alpha value is -2.10. The highest BCUT2D eigenvalue weighted by atomic mass is 16.5. The van der Waals surface area contributed by atoms with Crippen LogP contribution in [0.2, 0.25) is 0 Å². The highest BCUT2D eigenvalue weighted by Crippen LogP contribution is 2.26. The van der Waals surface area contributed by atoms with Crippen molar-refractivity contribution in [3.8, 4) is 5.88 Å². The standard InChI is InChI=1S/C16H19NO3/c1-10(2)8-11(3)20-15-13-7-5-4-6-12(13)9-14(17-15)16(18)19/h4-7,9-11H,8H2,1-3H3,(H,18,19). The molecule has 0 aliphatic heterocycles. The minimum atomic E-state index is -1.04. The number of nitrogens with zero attached hydrogens (tertiary/aromatic N) is 1. The van der Waals surface area contributed by atoms with E-state index in [1.165, 1.54) is 0 Å². The van der Waals surface area contributed by atoms with Gasteiger partial charge in [-0.3, -0.25) is 0 Å². The van der Waals surface area contributed by atoms with E-state index in [1.807, 2.05) is 31.2 Å². The number of carboxylic acid groups (broad SMARTS) is 1. The van der Waals surface area contributed by atoms with Crippen molar-refractivity contribution in [1.29, 1.82) is 0 Å². The van der Waals surface area contributed by atoms with Crippen LogP contribution in [0.4, 0.5) is 0 Å². The zero-order valence-electron chi connectivity index (χ0n) is 12.0. The molecule has 106 valence electrons. The first-order chi connectivity index (χ1) is 9.47. The van der Waals surface area contributed by atoms with Crippen LogP contribution < -0.4 is 4.74 Å². The molecule has 1 aromatic heterocycles. The zero-order valence-corrected chi connectivity index (χ0v) is 12.0. The third kappa shape index (κ3) is 3.26. The lowest BCUT2D eigenvalue weighted by molar-refractivity contribution is 0.0688. The highest BCUT2D eigenvalue weighted by molar-refractivity contribution is 5.94. The van der Waals surface area contributed by atoms with Crippen molar-refractivity contribution in [3.63, 3.8) is 0 Å². The van der Waals surface area contributed by atoms with Gasteiger partial charge in [0.05, 0.1) is 6.10 Å². The summed E-state index contributed by atoms with van der Waals surface area (Å²) in [6.07, 6.45) is 0.891. The molecule has 1 unspecified atom stereocenters. The maximum Gasteiger partial charge on any atom is 0.354 e. The molecule has 1 N–H and O–H groups in total. The molecule has 4 nitrogen and oxygen atoms in total. The number of carbonyl (C=O) groups is 1. The van der Waals surface area contributed by atoms with E-state index in [2.05, 4.69) is 18.8 Å². The van der Waals surface area contributed by atoms with Gasteiger partial charge in [0.25, 0.3) is 0 Å². The largest absolute Gasteiger partial charge is 0.477 e. The molecule has 0 fully saturated rings. The van der Waals surface area contributed by atoms with Gasteiger partial charge in [-0.25, -0.2) is 9.78 Å². The molecule has 2 rings (SSSR count). The molecule has 0 saturated heterocycles. The molecule has 0 bridgehead atoms. The molecule has 0 aliphatic carbocycles. The fourth-order valence-electron chi connectivity index (χ4n) is 2.27. The Labute approximate surface area is 118 Å². The second-order valence-corrected chi connectivity index (χ2v) is 5.40. The van der Waals surface area contributed by atoms with Gasteiger partial charge in [0.1, 0.15) is 0 Å². The van der Waals surface area contributed by atoms with Crippen LogP contribution >= 0.6 is 0 Å². The maximum atomic E-state index is 11.1. The Kier molecular flexibility index (Phi) is 4.23. The van der Waals surface area contributed by atoms with Gasteiger partial charge in [0.2, 0.25) is 5.88 Å². The number of carboxylic acids is 1. The minimum Gasteiger partial charge on any atom is -0.477 e. The van der Waals surface area contributed by atoms with Crippen molar-refractivity contribution in [2.24, 2.45) is 5.92 Å². The summed E-state index contributed by atoms with van der Waals surface area (Å²) in [6, 6.07) is 9.09. The molecule has 20 heavy (non-hydrogen) atoms. The smallest absolute Gasteiger partial charge is 0.354 e. The predicted molar refractivity (Wildman–Crippen MR) is 78.2 cm³/mol. The molecule has 0 amide bonds. The molecule has 0 spiro atoms. The van der Waals surface area contributed by atoms with Gasteiger partial charge in [0, 0.05) is 5.39 Å². The van der Waals surface area contributed by atoms with Crippen molar-refractivity contribution in [2.45, 2.75) is 33.3 Å². The van der Waals surface area contributed by atoms with Crippen molar-refractivity contribution in [1.82, 2.24) is 4.98 Å². The number of fused-ring (bicyclic) bond motifs is 1. The third-order valence-electron chi connectivity index (χ3n) is 3.04. The summed E-state index contributed by atoms with van der Waals surface area (Å²) in [5.41, 5.74) is 0.00967. The number of pyridine rings is 1. The summed E-state index contributed by atoms with van der Waals surface area (Å²) < 4.78 is 5.85. The number of ether oxygens (including phenoxy) is 1. The van der Waals surface area contributed by atoms with Crippen LogP contribution in [0.25, 0.3) is 10.8 Å². The molecule has 1 heterocycles. The first kappa shape index (κ1) is 14.3. The molecule has 1 aromatic carbocycles. The number of aromatic nitrogens is 1. The Morgan fingerprint density at radius 3 is 2.65 bits per heavy atom. The molecule has 0 radical (unpaired) electrons. The highest BCUT2D eigenvalue weighted by Gasteiger charge is 2.14. The molecule has 0 aliphatic rings. The summed E-state index contributed by atoms with van der Waals surface area (Å²) >= 11 is 0. The van der Waals surface area contributed by atoms with Crippen molar-refractivity contribution >= 4 is 16.7 Å². The van der Waals surface area contributed by atoms with Crippen LogP contribution in [-0.2, 0) is 0 Å². The van der Waals surface area contributed by atoms with E-state index in [-0.39, 0.29) is 11.8 Å². The Balaban J connectivity index is 2.42. The van der Waals surface area contributed by atoms with Crippen LogP contribution in [0.3, 0.4) is 0 Å². The van der Waals surface area contributed by atoms with Crippen molar-refractivity contribution < 1.29 is 14.6 Å². The number of hydrogen-bond donors (Lipinski definition) is 1. The van der Waals surface area contributed by atoms with Crippen LogP contribution in [0.15, 0.2) is 30.3 Å². The maximum absolute atomic E-state index is 11.1. The number of aromatic carboxylic acids is 1. The second-order valence-electron chi connectivity index (χ2n) is 5.40. The monoisotopic (exact) mass is 273 g/mol. The lowest BCUT2D eigenvalue weighted by Crippen LogP contribution is -2.16. The topological polar surface area (TPSA) is 59.4 Å². The van der Waals surface area contributed by atoms with Gasteiger partial charge in [-0.2, -0.15) is 0 Å². The lowest BCUT2D eigenvalue weighted by atomic mass is 10.1. The van der Waals surface area contributed by atoms with E-state index < -0.39 is 5.97 Å². The molecule has 2 aromatic rings. The SMILES string of the molecule is CC(C)CC(C)Oc1nc(C(=O)O)cc2ccccc12. The van der Waals surface area contributed by atoms with Crippen LogP contribution in [0, 0.1) is 5.92 Å². The van der Waals surface area contributed by atoms with E-state index in [0.29, 0.717) is 11.8 Å². The average Bonchev–Trinajstić information content (AvgIpc) is 2.37. The first-order valence-corrected chi connectivity index (χ1v) is 6.77. The summed E-state index contributed by atoms with van der Waals surface area (Å²) in [7, 11) is 0. The quantitative estimate of drug-likeness (QED) is 0.901. The van der Waals surface area contributed by atoms with Gasteiger partial charge < -0.3 is 9.84 Å². The fraction of sp³-hybridized carbons (Fsp3) is 0.375. The summed E-state index contributed by atoms with van der Waals surface area (Å²) in [5.74, 6) is -0.135. The molecular weight excluding hydrogens is 254 g/mol. The van der Waals surface area contributed by atoms with Crippen LogP contribution in [0.5, 0.6) is 5.88 Å². The lowest BCUT2D eigenvalue weighted by Gasteiger charge is -2.17. The van der Waals surface area contributed by atoms with Gasteiger partial charge in [-0.05, 0) is 36.8 Å². The van der Waals surface area contributed by atoms with Gasteiger partial charge >= 0.3 is 5.97 Å². The van der Waals surface area contributed by atoms with E-state index in [0.717, 1.165) is 17.2 Å². The predicted octanol–water partition coefficient (Wildman–Crippen LogP) is 3.75. The van der Waals surface area contributed by atoms with Gasteiger partial charge in [-0.15, -0.1) is 0 Å². The molecule has 0 saturated carbocycles. The van der Waals surface area contributed by atoms with E-state index >= 15 is 0 Å². The van der Waals surface area contributed by atoms with E-state index in [1.54, 1.807) is 6.07 Å². The first-order valence-electron chi connectivity index (χ1n) is 6.77. The third-order valence-corrected chi connectivity index (χ3v) is 3.04. The second kappa shape index (κ2) is 5.90. The zero-order chi connectivity index (χ0) is 14.7. The number of benzene rings is 1. The van der Waals surface area contributed by atoms with Crippen LogP contribution in [-0.4, -0.2) is 22.2 Å².